The Balaban J connectivity index is 1.91. The van der Waals surface area contributed by atoms with Crippen molar-refractivity contribution < 1.29 is 14.3 Å². The first kappa shape index (κ1) is 25.2. The van der Waals surface area contributed by atoms with Crippen LogP contribution in [0.1, 0.15) is 43.2 Å². The number of benzene rings is 3. The molecule has 0 atom stereocenters. The lowest BCUT2D eigenvalue weighted by molar-refractivity contribution is 0.0577. The number of pyridine rings is 1. The lowest BCUT2D eigenvalue weighted by Crippen LogP contribution is -2.37. The van der Waals surface area contributed by atoms with Gasteiger partial charge in [0.2, 0.25) is 0 Å². The Morgan fingerprint density at radius 2 is 1.61 bits per heavy atom. The van der Waals surface area contributed by atoms with Gasteiger partial charge in [0.05, 0.1) is 19.3 Å². The molecular weight excluding hydrogens is 448 g/mol. The van der Waals surface area contributed by atoms with Crippen molar-refractivity contribution >= 4 is 22.6 Å². The highest BCUT2D eigenvalue weighted by molar-refractivity contribution is 6.02. The average Bonchev–Trinajstić information content (AvgIpc) is 2.82. The summed E-state index contributed by atoms with van der Waals surface area (Å²) in [7, 11) is 1.66. The highest BCUT2D eigenvalue weighted by atomic mass is 16.6. The zero-order valence-corrected chi connectivity index (χ0v) is 22.2. The zero-order chi connectivity index (χ0) is 26.0. The van der Waals surface area contributed by atoms with Crippen LogP contribution in [0, 0.1) is 20.8 Å². The van der Waals surface area contributed by atoms with Crippen LogP contribution in [0.2, 0.25) is 0 Å². The molecule has 0 N–H and O–H groups in total. The van der Waals surface area contributed by atoms with Gasteiger partial charge in [-0.15, -0.1) is 0 Å². The summed E-state index contributed by atoms with van der Waals surface area (Å²) >= 11 is 0. The molecule has 3 aromatic carbocycles. The van der Waals surface area contributed by atoms with Gasteiger partial charge in [-0.3, -0.25) is 9.88 Å². The van der Waals surface area contributed by atoms with E-state index in [9.17, 15) is 4.79 Å². The smallest absolute Gasteiger partial charge is 0.415 e. The Morgan fingerprint density at radius 1 is 0.917 bits per heavy atom. The maximum absolute atomic E-state index is 13.6. The number of methoxy groups -OCH3 is 1. The van der Waals surface area contributed by atoms with Crippen LogP contribution in [0.15, 0.2) is 66.9 Å². The molecule has 5 nitrogen and oxygen atoms in total. The molecule has 1 aromatic heterocycles. The molecular formula is C31H34N2O3. The van der Waals surface area contributed by atoms with Crippen molar-refractivity contribution in [2.24, 2.45) is 0 Å². The minimum Gasteiger partial charge on any atom is -0.496 e. The van der Waals surface area contributed by atoms with E-state index in [1.165, 1.54) is 5.56 Å². The lowest BCUT2D eigenvalue weighted by Gasteiger charge is -2.29. The quantitative estimate of drug-likeness (QED) is 0.291. The Morgan fingerprint density at radius 3 is 2.31 bits per heavy atom. The van der Waals surface area contributed by atoms with E-state index in [1.54, 1.807) is 18.2 Å². The lowest BCUT2D eigenvalue weighted by atomic mass is 9.94. The standard InChI is InChI=1S/C31H34N2O3/c1-20-12-8-10-14-25(20)27-17-24(16-23-13-9-11-15-26(23)27)33(30(34)36-31(4,5)6)19-28-22(3)29(35-7)21(2)18-32-28/h8-18H,19H2,1-7H3. The van der Waals surface area contributed by atoms with Crippen molar-refractivity contribution in [3.63, 3.8) is 0 Å². The van der Waals surface area contributed by atoms with Gasteiger partial charge in [0.1, 0.15) is 11.4 Å². The molecule has 0 aliphatic rings. The Kier molecular flexibility index (Phi) is 7.02. The summed E-state index contributed by atoms with van der Waals surface area (Å²) in [5, 5.41) is 2.18. The summed E-state index contributed by atoms with van der Waals surface area (Å²) < 4.78 is 11.5. The average molecular weight is 483 g/mol. The van der Waals surface area contributed by atoms with E-state index in [0.717, 1.165) is 50.2 Å². The van der Waals surface area contributed by atoms with Gasteiger partial charge in [-0.1, -0.05) is 48.5 Å². The van der Waals surface area contributed by atoms with Gasteiger partial charge in [-0.2, -0.15) is 0 Å². The number of anilines is 1. The van der Waals surface area contributed by atoms with Crippen molar-refractivity contribution in [3.8, 4) is 16.9 Å². The number of ether oxygens (including phenoxy) is 2. The normalized spacial score (nSPS) is 11.4. The van der Waals surface area contributed by atoms with Gasteiger partial charge in [0.15, 0.2) is 0 Å². The number of hydrogen-bond donors (Lipinski definition) is 0. The second-order valence-electron chi connectivity index (χ2n) is 10.1. The Bertz CT molecular complexity index is 1420. The van der Waals surface area contributed by atoms with Gasteiger partial charge < -0.3 is 9.47 Å². The first-order chi connectivity index (χ1) is 17.1. The number of aromatic nitrogens is 1. The number of hydrogen-bond acceptors (Lipinski definition) is 4. The van der Waals surface area contributed by atoms with Gasteiger partial charge in [-0.05, 0) is 81.1 Å². The monoisotopic (exact) mass is 482 g/mol. The summed E-state index contributed by atoms with van der Waals surface area (Å²) in [6.07, 6.45) is 1.36. The van der Waals surface area contributed by atoms with E-state index in [0.29, 0.717) is 0 Å². The van der Waals surface area contributed by atoms with Crippen LogP contribution in [0.25, 0.3) is 21.9 Å². The minimum atomic E-state index is -0.640. The molecule has 4 aromatic rings. The minimum absolute atomic E-state index is 0.253. The van der Waals surface area contributed by atoms with E-state index in [1.807, 2.05) is 65.0 Å². The number of carbonyl (C=O) groups excluding carboxylic acids is 1. The molecule has 0 bridgehead atoms. The molecule has 0 unspecified atom stereocenters. The predicted octanol–water partition coefficient (Wildman–Crippen LogP) is 7.78. The second kappa shape index (κ2) is 10.0. The molecule has 1 amide bonds. The van der Waals surface area contributed by atoms with Crippen LogP contribution in [0.4, 0.5) is 10.5 Å². The number of carbonyl (C=O) groups is 1. The largest absolute Gasteiger partial charge is 0.496 e. The van der Waals surface area contributed by atoms with Crippen LogP contribution in [0.5, 0.6) is 5.75 Å². The molecule has 36 heavy (non-hydrogen) atoms. The maximum Gasteiger partial charge on any atom is 0.415 e. The zero-order valence-electron chi connectivity index (χ0n) is 22.2. The highest BCUT2D eigenvalue weighted by Gasteiger charge is 2.26. The van der Waals surface area contributed by atoms with Gasteiger partial charge in [-0.25, -0.2) is 4.79 Å². The summed E-state index contributed by atoms with van der Waals surface area (Å²) in [4.78, 5) is 19.9. The molecule has 0 saturated carbocycles. The second-order valence-corrected chi connectivity index (χ2v) is 10.1. The fraction of sp³-hybridized carbons (Fsp3) is 0.290. The van der Waals surface area contributed by atoms with Gasteiger partial charge in [0.25, 0.3) is 0 Å². The number of aryl methyl sites for hydroxylation is 2. The molecule has 5 heteroatoms. The molecule has 0 saturated heterocycles. The molecule has 0 spiro atoms. The van der Waals surface area contributed by atoms with E-state index in [-0.39, 0.29) is 6.54 Å². The van der Waals surface area contributed by atoms with Crippen molar-refractivity contribution in [2.45, 2.75) is 53.7 Å². The summed E-state index contributed by atoms with van der Waals surface area (Å²) in [5.41, 5.74) is 6.10. The maximum atomic E-state index is 13.6. The summed E-state index contributed by atoms with van der Waals surface area (Å²) in [6.45, 7) is 11.9. The predicted molar refractivity (Wildman–Crippen MR) is 147 cm³/mol. The third kappa shape index (κ3) is 5.20. The van der Waals surface area contributed by atoms with Crippen LogP contribution in [-0.4, -0.2) is 23.8 Å². The number of nitrogens with zero attached hydrogens (tertiary/aromatic N) is 2. The van der Waals surface area contributed by atoms with Gasteiger partial charge in [0, 0.05) is 23.0 Å². The Labute approximate surface area is 213 Å². The molecule has 4 rings (SSSR count). The summed E-state index contributed by atoms with van der Waals surface area (Å²) in [5.74, 6) is 0.781. The first-order valence-corrected chi connectivity index (χ1v) is 12.2. The summed E-state index contributed by atoms with van der Waals surface area (Å²) in [6, 6.07) is 20.7. The molecule has 186 valence electrons. The molecule has 0 radical (unpaired) electrons. The highest BCUT2D eigenvalue weighted by Crippen LogP contribution is 2.36. The molecule has 0 fully saturated rings. The Hall–Kier alpha value is -3.86. The van der Waals surface area contributed by atoms with E-state index < -0.39 is 11.7 Å². The SMILES string of the molecule is COc1c(C)cnc(CN(C(=O)OC(C)(C)C)c2cc(-c3ccccc3C)c3ccccc3c2)c1C. The van der Waals surface area contributed by atoms with E-state index in [2.05, 4.69) is 42.2 Å². The van der Waals surface area contributed by atoms with Crippen molar-refractivity contribution in [3.05, 3.63) is 89.2 Å². The molecule has 0 aliphatic heterocycles. The number of rotatable bonds is 5. The van der Waals surface area contributed by atoms with E-state index in [4.69, 9.17) is 9.47 Å². The van der Waals surface area contributed by atoms with Crippen molar-refractivity contribution in [1.82, 2.24) is 4.98 Å². The van der Waals surface area contributed by atoms with Crippen LogP contribution >= 0.6 is 0 Å². The number of fused-ring (bicyclic) bond motifs is 1. The van der Waals surface area contributed by atoms with Crippen LogP contribution in [-0.2, 0) is 11.3 Å². The molecule has 1 heterocycles. The van der Waals surface area contributed by atoms with Crippen LogP contribution < -0.4 is 9.64 Å². The van der Waals surface area contributed by atoms with Gasteiger partial charge >= 0.3 is 6.09 Å². The first-order valence-electron chi connectivity index (χ1n) is 12.2. The fourth-order valence-corrected chi connectivity index (χ4v) is 4.51. The van der Waals surface area contributed by atoms with Crippen molar-refractivity contribution in [2.75, 3.05) is 12.0 Å². The fourth-order valence-electron chi connectivity index (χ4n) is 4.51. The third-order valence-electron chi connectivity index (χ3n) is 6.27. The third-order valence-corrected chi connectivity index (χ3v) is 6.27. The van der Waals surface area contributed by atoms with Crippen LogP contribution in [0.3, 0.4) is 0 Å². The van der Waals surface area contributed by atoms with Crippen molar-refractivity contribution in [1.29, 1.82) is 0 Å². The molecule has 0 aliphatic carbocycles. The topological polar surface area (TPSA) is 51.7 Å². The number of amides is 1. The van der Waals surface area contributed by atoms with E-state index >= 15 is 0 Å².